The maximum atomic E-state index is 12.9. The lowest BCUT2D eigenvalue weighted by Crippen LogP contribution is -2.12. The largest absolute Gasteiger partial charge is 0.496 e. The lowest BCUT2D eigenvalue weighted by Gasteiger charge is -2.14. The van der Waals surface area contributed by atoms with Crippen molar-refractivity contribution in [1.82, 2.24) is 19.7 Å². The van der Waals surface area contributed by atoms with Gasteiger partial charge in [-0.2, -0.15) is 23.3 Å². The molecule has 2 aromatic carbocycles. The summed E-state index contributed by atoms with van der Waals surface area (Å²) in [5.41, 5.74) is 0.431. The number of halogens is 3. The minimum atomic E-state index is -4.45. The van der Waals surface area contributed by atoms with Gasteiger partial charge in [-0.1, -0.05) is 42.5 Å². The molecule has 7 nitrogen and oxygen atoms in total. The Morgan fingerprint density at radius 3 is 2.52 bits per heavy atom. The molecule has 0 spiro atoms. The second-order valence-corrected chi connectivity index (χ2v) is 7.31. The number of nitrogens with zero attached hydrogens (tertiary/aromatic N) is 3. The number of aromatic nitrogens is 4. The van der Waals surface area contributed by atoms with Crippen LogP contribution in [0.2, 0.25) is 0 Å². The highest BCUT2D eigenvalue weighted by molar-refractivity contribution is 5.83. The van der Waals surface area contributed by atoms with Crippen LogP contribution in [0.5, 0.6) is 6.01 Å². The molecule has 1 unspecified atom stereocenters. The number of fused-ring (bicyclic) bond motifs is 1. The van der Waals surface area contributed by atoms with Gasteiger partial charge in [-0.25, -0.2) is 4.68 Å². The molecule has 0 fully saturated rings. The van der Waals surface area contributed by atoms with Gasteiger partial charge in [0.25, 0.3) is 11.6 Å². The molecule has 10 heteroatoms. The Morgan fingerprint density at radius 2 is 1.85 bits per heavy atom. The van der Waals surface area contributed by atoms with Crippen LogP contribution in [0.1, 0.15) is 35.3 Å². The minimum absolute atomic E-state index is 0.0892. The van der Waals surface area contributed by atoms with E-state index in [1.165, 1.54) is 29.2 Å². The highest BCUT2D eigenvalue weighted by Crippen LogP contribution is 2.31. The molecular weight excluding hydrogens is 437 g/mol. The first-order valence-corrected chi connectivity index (χ1v) is 9.95. The van der Waals surface area contributed by atoms with Gasteiger partial charge in [0, 0.05) is 6.08 Å². The number of alkyl halides is 3. The van der Waals surface area contributed by atoms with Crippen LogP contribution in [0.25, 0.3) is 17.1 Å². The van der Waals surface area contributed by atoms with Crippen molar-refractivity contribution < 1.29 is 23.0 Å². The van der Waals surface area contributed by atoms with E-state index in [9.17, 15) is 23.1 Å². The van der Waals surface area contributed by atoms with Crippen molar-refractivity contribution in [2.24, 2.45) is 0 Å². The van der Waals surface area contributed by atoms with E-state index in [0.29, 0.717) is 12.2 Å². The highest BCUT2D eigenvalue weighted by Gasteiger charge is 2.30. The van der Waals surface area contributed by atoms with Crippen molar-refractivity contribution in [2.45, 2.75) is 25.7 Å². The molecule has 0 saturated carbocycles. The van der Waals surface area contributed by atoms with E-state index in [1.807, 2.05) is 30.3 Å². The van der Waals surface area contributed by atoms with Crippen LogP contribution in [0, 0.1) is 0 Å². The third-order valence-electron chi connectivity index (χ3n) is 5.08. The van der Waals surface area contributed by atoms with Crippen molar-refractivity contribution in [3.8, 4) is 6.01 Å². The molecule has 0 amide bonds. The van der Waals surface area contributed by atoms with Crippen LogP contribution in [0.15, 0.2) is 65.7 Å². The van der Waals surface area contributed by atoms with E-state index in [2.05, 4.69) is 15.1 Å². The number of hydrogen-bond donors (Lipinski definition) is 2. The summed E-state index contributed by atoms with van der Waals surface area (Å²) in [7, 11) is 0. The second-order valence-electron chi connectivity index (χ2n) is 7.31. The third kappa shape index (κ3) is 4.74. The summed E-state index contributed by atoms with van der Waals surface area (Å²) in [5.74, 6) is 0. The molecule has 170 valence electrons. The van der Waals surface area contributed by atoms with Crippen molar-refractivity contribution in [2.75, 3.05) is 0 Å². The average molecular weight is 456 g/mol. The topological polar surface area (TPSA) is 93.0 Å². The van der Waals surface area contributed by atoms with Crippen LogP contribution in [-0.4, -0.2) is 24.9 Å². The Labute approximate surface area is 185 Å². The Balaban J connectivity index is 1.67. The SMILES string of the molecule is CC(c1ccc(C(F)(F)F)cc1)n1nc(C=COCc2ccccc2)c2c(=O)[nH]c(O)nc21. The molecule has 2 heterocycles. The Hall–Kier alpha value is -4.08. The summed E-state index contributed by atoms with van der Waals surface area (Å²) in [5, 5.41) is 14.3. The Kier molecular flexibility index (Phi) is 5.91. The smallest absolute Gasteiger partial charge is 0.416 e. The standard InChI is InChI=1S/C23H19F3N4O3/c1-14(16-7-9-17(10-8-16)23(24,25)26)30-20-19(21(31)28-22(32)27-20)18(29-30)11-12-33-13-15-5-3-2-4-6-15/h2-12,14H,13H2,1H3,(H2,27,28,31,32). The van der Waals surface area contributed by atoms with E-state index >= 15 is 0 Å². The van der Waals surface area contributed by atoms with Gasteiger partial charge in [-0.3, -0.25) is 9.78 Å². The normalized spacial score (nSPS) is 13.0. The molecule has 0 bridgehead atoms. The molecular formula is C23H19F3N4O3. The molecule has 1 atom stereocenters. The van der Waals surface area contributed by atoms with Crippen LogP contribution in [-0.2, 0) is 17.5 Å². The molecule has 33 heavy (non-hydrogen) atoms. The number of hydrogen-bond acceptors (Lipinski definition) is 5. The van der Waals surface area contributed by atoms with Crippen LogP contribution in [0.4, 0.5) is 13.2 Å². The molecule has 0 radical (unpaired) electrons. The monoisotopic (exact) mass is 456 g/mol. The lowest BCUT2D eigenvalue weighted by molar-refractivity contribution is -0.137. The van der Waals surface area contributed by atoms with E-state index in [1.54, 1.807) is 6.92 Å². The number of rotatable bonds is 6. The highest BCUT2D eigenvalue weighted by atomic mass is 19.4. The summed E-state index contributed by atoms with van der Waals surface area (Å²) >= 11 is 0. The van der Waals surface area contributed by atoms with Crippen LogP contribution < -0.4 is 5.56 Å². The van der Waals surface area contributed by atoms with E-state index in [4.69, 9.17) is 4.74 Å². The van der Waals surface area contributed by atoms with Crippen molar-refractivity contribution in [3.05, 3.63) is 93.6 Å². The third-order valence-corrected chi connectivity index (χ3v) is 5.08. The molecule has 0 aliphatic rings. The number of H-pyrrole nitrogens is 1. The number of aromatic amines is 1. The van der Waals surface area contributed by atoms with Gasteiger partial charge < -0.3 is 9.84 Å². The first-order chi connectivity index (χ1) is 15.7. The maximum Gasteiger partial charge on any atom is 0.416 e. The number of ether oxygens (including phenoxy) is 1. The summed E-state index contributed by atoms with van der Waals surface area (Å²) in [6.07, 6.45) is -1.55. The number of nitrogens with one attached hydrogen (secondary N) is 1. The predicted octanol–water partition coefficient (Wildman–Crippen LogP) is 4.64. The van der Waals surface area contributed by atoms with Gasteiger partial charge in [-0.05, 0) is 30.2 Å². The zero-order valence-electron chi connectivity index (χ0n) is 17.4. The van der Waals surface area contributed by atoms with Gasteiger partial charge >= 0.3 is 6.18 Å². The number of benzene rings is 2. The predicted molar refractivity (Wildman–Crippen MR) is 115 cm³/mol. The van der Waals surface area contributed by atoms with E-state index in [-0.39, 0.29) is 16.7 Å². The van der Waals surface area contributed by atoms with Gasteiger partial charge in [0.1, 0.15) is 17.7 Å². The molecule has 2 aromatic heterocycles. The molecule has 0 saturated heterocycles. The summed E-state index contributed by atoms with van der Waals surface area (Å²) in [6, 6.07) is 12.9. The molecule has 4 aromatic rings. The van der Waals surface area contributed by atoms with Gasteiger partial charge in [-0.15, -0.1) is 0 Å². The molecule has 0 aliphatic carbocycles. The van der Waals surface area contributed by atoms with Crippen molar-refractivity contribution in [3.63, 3.8) is 0 Å². The fourth-order valence-corrected chi connectivity index (χ4v) is 3.37. The fourth-order valence-electron chi connectivity index (χ4n) is 3.37. The summed E-state index contributed by atoms with van der Waals surface area (Å²) in [6.45, 7) is 2.02. The summed E-state index contributed by atoms with van der Waals surface area (Å²) < 4.78 is 45.6. The summed E-state index contributed by atoms with van der Waals surface area (Å²) in [4.78, 5) is 18.7. The van der Waals surface area contributed by atoms with E-state index < -0.39 is 29.4 Å². The average Bonchev–Trinajstić information content (AvgIpc) is 3.15. The van der Waals surface area contributed by atoms with Gasteiger partial charge in [0.05, 0.1) is 17.9 Å². The number of aromatic hydroxyl groups is 1. The Bertz CT molecular complexity index is 1340. The maximum absolute atomic E-state index is 12.9. The van der Waals surface area contributed by atoms with Crippen LogP contribution in [0.3, 0.4) is 0 Å². The van der Waals surface area contributed by atoms with Crippen LogP contribution >= 0.6 is 0 Å². The molecule has 4 rings (SSSR count). The van der Waals surface area contributed by atoms with Crippen molar-refractivity contribution >= 4 is 17.1 Å². The molecule has 0 aliphatic heterocycles. The first kappa shape index (κ1) is 22.1. The van der Waals surface area contributed by atoms with E-state index in [0.717, 1.165) is 17.7 Å². The van der Waals surface area contributed by atoms with Gasteiger partial charge in [0.2, 0.25) is 0 Å². The zero-order chi connectivity index (χ0) is 23.6. The first-order valence-electron chi connectivity index (χ1n) is 9.95. The molecule has 2 N–H and O–H groups in total. The lowest BCUT2D eigenvalue weighted by atomic mass is 10.1. The van der Waals surface area contributed by atoms with Crippen molar-refractivity contribution in [1.29, 1.82) is 0 Å². The quantitative estimate of drug-likeness (QED) is 0.413. The minimum Gasteiger partial charge on any atom is -0.496 e. The zero-order valence-corrected chi connectivity index (χ0v) is 17.4. The van der Waals surface area contributed by atoms with Gasteiger partial charge in [0.15, 0.2) is 5.65 Å². The Morgan fingerprint density at radius 1 is 1.15 bits per heavy atom. The fraction of sp³-hybridized carbons (Fsp3) is 0.174. The second kappa shape index (κ2) is 8.81.